The van der Waals surface area contributed by atoms with Crippen LogP contribution in [-0.4, -0.2) is 51.0 Å². The first-order chi connectivity index (χ1) is 11.7. The molecule has 1 atom stereocenters. The Kier molecular flexibility index (Phi) is 9.43. The number of methoxy groups -OCH3 is 2. The van der Waals surface area contributed by atoms with Crippen molar-refractivity contribution >= 4 is 11.9 Å². The molecule has 0 spiro atoms. The lowest BCUT2D eigenvalue weighted by Gasteiger charge is -2.28. The van der Waals surface area contributed by atoms with Crippen molar-refractivity contribution in [3.63, 3.8) is 0 Å². The maximum absolute atomic E-state index is 12.0. The molecule has 6 heteroatoms. The second-order valence-corrected chi connectivity index (χ2v) is 8.03. The first-order valence-electron chi connectivity index (χ1n) is 9.25. The Balaban J connectivity index is 2.30. The summed E-state index contributed by atoms with van der Waals surface area (Å²) in [5.74, 6) is 0.491. The van der Waals surface area contributed by atoms with Gasteiger partial charge in [-0.25, -0.2) is 0 Å². The van der Waals surface area contributed by atoms with E-state index in [1.54, 1.807) is 7.11 Å². The van der Waals surface area contributed by atoms with E-state index in [4.69, 9.17) is 14.2 Å². The van der Waals surface area contributed by atoms with Crippen LogP contribution in [0.1, 0.15) is 59.3 Å². The SMILES string of the molecule is COCC1CCC(COC(=O)CCC(NC(C)(C)C)C(=O)OC)CC1. The molecule has 0 saturated heterocycles. The quantitative estimate of drug-likeness (QED) is 0.640. The third-order valence-electron chi connectivity index (χ3n) is 4.58. The summed E-state index contributed by atoms with van der Waals surface area (Å²) in [6.07, 6.45) is 5.02. The van der Waals surface area contributed by atoms with Crippen molar-refractivity contribution in [1.82, 2.24) is 5.32 Å². The lowest BCUT2D eigenvalue weighted by molar-refractivity contribution is -0.147. The number of nitrogens with one attached hydrogen (secondary N) is 1. The molecule has 146 valence electrons. The van der Waals surface area contributed by atoms with Crippen molar-refractivity contribution in [1.29, 1.82) is 0 Å². The Morgan fingerprint density at radius 3 is 2.08 bits per heavy atom. The van der Waals surface area contributed by atoms with Crippen LogP contribution in [0.4, 0.5) is 0 Å². The van der Waals surface area contributed by atoms with Crippen molar-refractivity contribution in [2.75, 3.05) is 27.4 Å². The zero-order chi connectivity index (χ0) is 18.9. The van der Waals surface area contributed by atoms with Gasteiger partial charge in [0.15, 0.2) is 0 Å². The van der Waals surface area contributed by atoms with Crippen LogP contribution in [-0.2, 0) is 23.8 Å². The van der Waals surface area contributed by atoms with Gasteiger partial charge < -0.3 is 14.2 Å². The Morgan fingerprint density at radius 2 is 1.60 bits per heavy atom. The minimum atomic E-state index is -0.498. The number of carbonyl (C=O) groups is 2. The summed E-state index contributed by atoms with van der Waals surface area (Å²) in [5.41, 5.74) is -0.233. The summed E-state index contributed by atoms with van der Waals surface area (Å²) in [7, 11) is 3.10. The van der Waals surface area contributed by atoms with Gasteiger partial charge in [-0.1, -0.05) is 0 Å². The summed E-state index contributed by atoms with van der Waals surface area (Å²) < 4.78 is 15.4. The lowest BCUT2D eigenvalue weighted by atomic mass is 9.83. The zero-order valence-electron chi connectivity index (χ0n) is 16.4. The summed E-state index contributed by atoms with van der Waals surface area (Å²) in [5, 5.41) is 3.19. The molecule has 0 heterocycles. The molecule has 1 saturated carbocycles. The van der Waals surface area contributed by atoms with Crippen LogP contribution in [0.15, 0.2) is 0 Å². The molecule has 0 amide bonds. The molecule has 6 nitrogen and oxygen atoms in total. The summed E-state index contributed by atoms with van der Waals surface area (Å²) in [4.78, 5) is 23.9. The molecule has 1 aliphatic carbocycles. The van der Waals surface area contributed by atoms with E-state index >= 15 is 0 Å². The second kappa shape index (κ2) is 10.8. The van der Waals surface area contributed by atoms with Crippen molar-refractivity contribution in [2.24, 2.45) is 11.8 Å². The summed E-state index contributed by atoms with van der Waals surface area (Å²) in [6.45, 7) is 7.22. The number of rotatable bonds is 9. The topological polar surface area (TPSA) is 73.9 Å². The van der Waals surface area contributed by atoms with Crippen LogP contribution in [0.3, 0.4) is 0 Å². The molecule has 1 rings (SSSR count). The van der Waals surface area contributed by atoms with Gasteiger partial charge in [-0.15, -0.1) is 0 Å². The van der Waals surface area contributed by atoms with Gasteiger partial charge in [-0.2, -0.15) is 0 Å². The molecule has 0 radical (unpaired) electrons. The van der Waals surface area contributed by atoms with Gasteiger partial charge in [0.2, 0.25) is 0 Å². The van der Waals surface area contributed by atoms with E-state index in [-0.39, 0.29) is 23.9 Å². The van der Waals surface area contributed by atoms with E-state index in [9.17, 15) is 9.59 Å². The third kappa shape index (κ3) is 9.21. The van der Waals surface area contributed by atoms with Crippen LogP contribution < -0.4 is 5.32 Å². The number of carbonyl (C=O) groups excluding carboxylic acids is 2. The van der Waals surface area contributed by atoms with Crippen molar-refractivity contribution in [3.05, 3.63) is 0 Å². The smallest absolute Gasteiger partial charge is 0.322 e. The molecule has 0 aliphatic heterocycles. The molecule has 0 aromatic rings. The van der Waals surface area contributed by atoms with Gasteiger partial charge in [-0.3, -0.25) is 14.9 Å². The highest BCUT2D eigenvalue weighted by molar-refractivity contribution is 5.77. The maximum atomic E-state index is 12.0. The minimum absolute atomic E-state index is 0.210. The molecule has 0 aromatic heterocycles. The fraction of sp³-hybridized carbons (Fsp3) is 0.895. The number of hydrogen-bond acceptors (Lipinski definition) is 6. The molecule has 1 fully saturated rings. The van der Waals surface area contributed by atoms with E-state index in [2.05, 4.69) is 5.32 Å². The fourth-order valence-electron chi connectivity index (χ4n) is 3.26. The predicted molar refractivity (Wildman–Crippen MR) is 96.2 cm³/mol. The Hall–Kier alpha value is -1.14. The van der Waals surface area contributed by atoms with Crippen LogP contribution >= 0.6 is 0 Å². The van der Waals surface area contributed by atoms with E-state index in [1.807, 2.05) is 20.8 Å². The summed E-state index contributed by atoms with van der Waals surface area (Å²) >= 11 is 0. The van der Waals surface area contributed by atoms with Crippen LogP contribution in [0.5, 0.6) is 0 Å². The highest BCUT2D eigenvalue weighted by Crippen LogP contribution is 2.29. The first-order valence-corrected chi connectivity index (χ1v) is 9.25. The van der Waals surface area contributed by atoms with Gasteiger partial charge in [0.25, 0.3) is 0 Å². The van der Waals surface area contributed by atoms with E-state index in [0.29, 0.717) is 24.9 Å². The number of ether oxygens (including phenoxy) is 3. The van der Waals surface area contributed by atoms with Gasteiger partial charge in [0.05, 0.1) is 13.7 Å². The molecule has 0 aromatic carbocycles. The maximum Gasteiger partial charge on any atom is 0.322 e. The van der Waals surface area contributed by atoms with Crippen LogP contribution in [0.25, 0.3) is 0 Å². The first kappa shape index (κ1) is 21.9. The van der Waals surface area contributed by atoms with Crippen LogP contribution in [0, 0.1) is 11.8 Å². The largest absolute Gasteiger partial charge is 0.468 e. The summed E-state index contributed by atoms with van der Waals surface area (Å²) in [6, 6.07) is -0.498. The average molecular weight is 357 g/mol. The minimum Gasteiger partial charge on any atom is -0.468 e. The lowest BCUT2D eigenvalue weighted by Crippen LogP contribution is -2.48. The van der Waals surface area contributed by atoms with Gasteiger partial charge in [0, 0.05) is 25.7 Å². The monoisotopic (exact) mass is 357 g/mol. The molecule has 25 heavy (non-hydrogen) atoms. The molecule has 1 N–H and O–H groups in total. The number of esters is 2. The highest BCUT2D eigenvalue weighted by Gasteiger charge is 2.26. The fourth-order valence-corrected chi connectivity index (χ4v) is 3.26. The van der Waals surface area contributed by atoms with E-state index < -0.39 is 6.04 Å². The molecular formula is C19H35NO5. The van der Waals surface area contributed by atoms with E-state index in [0.717, 1.165) is 32.3 Å². The van der Waals surface area contributed by atoms with Crippen molar-refractivity contribution < 1.29 is 23.8 Å². The Bertz CT molecular complexity index is 411. The van der Waals surface area contributed by atoms with Gasteiger partial charge >= 0.3 is 11.9 Å². The number of hydrogen-bond donors (Lipinski definition) is 1. The van der Waals surface area contributed by atoms with Crippen molar-refractivity contribution in [3.8, 4) is 0 Å². The molecule has 1 unspecified atom stereocenters. The Morgan fingerprint density at radius 1 is 1.04 bits per heavy atom. The standard InChI is InChI=1S/C19H35NO5/c1-19(2,3)20-16(18(22)24-5)10-11-17(21)25-13-15-8-6-14(7-9-15)12-23-4/h14-16,20H,6-13H2,1-5H3. The predicted octanol–water partition coefficient (Wildman–Crippen LogP) is 2.69. The molecular weight excluding hydrogens is 322 g/mol. The average Bonchev–Trinajstić information content (AvgIpc) is 2.56. The second-order valence-electron chi connectivity index (χ2n) is 8.03. The Labute approximate surface area is 152 Å². The van der Waals surface area contributed by atoms with E-state index in [1.165, 1.54) is 7.11 Å². The highest BCUT2D eigenvalue weighted by atomic mass is 16.5. The van der Waals surface area contributed by atoms with Crippen molar-refractivity contribution in [2.45, 2.75) is 70.9 Å². The van der Waals surface area contributed by atoms with Gasteiger partial charge in [0.1, 0.15) is 6.04 Å². The third-order valence-corrected chi connectivity index (χ3v) is 4.58. The zero-order valence-corrected chi connectivity index (χ0v) is 16.4. The molecule has 0 bridgehead atoms. The molecule has 1 aliphatic rings. The normalized spacial score (nSPS) is 22.3. The van der Waals surface area contributed by atoms with Crippen LogP contribution in [0.2, 0.25) is 0 Å². The van der Waals surface area contributed by atoms with Gasteiger partial charge in [-0.05, 0) is 64.7 Å².